The molecule has 94 valence electrons. The van der Waals surface area contributed by atoms with E-state index >= 15 is 0 Å². The smallest absolute Gasteiger partial charge is 0.238 e. The Hall–Kier alpha value is -1.46. The summed E-state index contributed by atoms with van der Waals surface area (Å²) in [7, 11) is 0. The molecule has 0 atom stereocenters. The molecule has 0 spiro atoms. The van der Waals surface area contributed by atoms with Gasteiger partial charge in [0, 0.05) is 19.0 Å². The molecule has 17 heavy (non-hydrogen) atoms. The molecule has 1 heterocycles. The first kappa shape index (κ1) is 13.6. The normalized spacial score (nSPS) is 11.3. The van der Waals surface area contributed by atoms with Gasteiger partial charge in [-0.05, 0) is 38.8 Å². The Morgan fingerprint density at radius 2 is 2.24 bits per heavy atom. The summed E-state index contributed by atoms with van der Waals surface area (Å²) in [5.41, 5.74) is 0.908. The molecule has 0 saturated carbocycles. The van der Waals surface area contributed by atoms with Gasteiger partial charge >= 0.3 is 0 Å². The van der Waals surface area contributed by atoms with Gasteiger partial charge < -0.3 is 5.11 Å². The standard InChI is InChI=1S/C12H18N2O3/c1-12(2,3)17-14(9-16)11-4-6-13-8-10(11)5-7-15/h4,6,8-9,15H,5,7H2,1-3H3. The molecule has 1 aromatic heterocycles. The average molecular weight is 238 g/mol. The first-order valence-electron chi connectivity index (χ1n) is 5.45. The number of carbonyl (C=O) groups excluding carboxylic acids is 1. The van der Waals surface area contributed by atoms with E-state index in [1.165, 1.54) is 5.06 Å². The molecule has 0 fully saturated rings. The molecule has 0 aromatic carbocycles. The summed E-state index contributed by atoms with van der Waals surface area (Å²) >= 11 is 0. The number of hydroxylamine groups is 1. The van der Waals surface area contributed by atoms with Crippen molar-refractivity contribution in [3.8, 4) is 0 Å². The Bertz CT molecular complexity index is 374. The zero-order valence-electron chi connectivity index (χ0n) is 10.4. The van der Waals surface area contributed by atoms with E-state index in [1.807, 2.05) is 20.8 Å². The molecule has 1 N–H and O–H groups in total. The fourth-order valence-electron chi connectivity index (χ4n) is 1.37. The lowest BCUT2D eigenvalue weighted by atomic mass is 10.2. The Balaban J connectivity index is 2.98. The van der Waals surface area contributed by atoms with Gasteiger partial charge in [0.2, 0.25) is 6.41 Å². The largest absolute Gasteiger partial charge is 0.396 e. The van der Waals surface area contributed by atoms with Crippen LogP contribution in [-0.2, 0) is 16.1 Å². The minimum atomic E-state index is -0.472. The molecule has 0 saturated heterocycles. The van der Waals surface area contributed by atoms with Crippen LogP contribution in [0, 0.1) is 0 Å². The molecule has 0 aliphatic carbocycles. The number of aliphatic hydroxyl groups is 1. The molecule has 5 heteroatoms. The number of aromatic nitrogens is 1. The second-order valence-corrected chi connectivity index (χ2v) is 4.61. The van der Waals surface area contributed by atoms with Crippen molar-refractivity contribution in [2.45, 2.75) is 32.8 Å². The van der Waals surface area contributed by atoms with Gasteiger partial charge in [-0.25, -0.2) is 0 Å². The van der Waals surface area contributed by atoms with Crippen LogP contribution in [0.1, 0.15) is 26.3 Å². The minimum Gasteiger partial charge on any atom is -0.396 e. The van der Waals surface area contributed by atoms with Crippen molar-refractivity contribution in [2.75, 3.05) is 11.7 Å². The summed E-state index contributed by atoms with van der Waals surface area (Å²) in [6, 6.07) is 1.69. The fourth-order valence-corrected chi connectivity index (χ4v) is 1.37. The third-order valence-corrected chi connectivity index (χ3v) is 1.96. The van der Waals surface area contributed by atoms with Crippen LogP contribution < -0.4 is 5.06 Å². The van der Waals surface area contributed by atoms with E-state index in [0.717, 1.165) is 5.56 Å². The Labute approximate surface area is 101 Å². The van der Waals surface area contributed by atoms with Crippen LogP contribution in [0.4, 0.5) is 5.69 Å². The van der Waals surface area contributed by atoms with E-state index < -0.39 is 5.60 Å². The number of pyridine rings is 1. The van der Waals surface area contributed by atoms with Gasteiger partial charge in [0.15, 0.2) is 0 Å². The van der Waals surface area contributed by atoms with E-state index in [-0.39, 0.29) is 6.61 Å². The van der Waals surface area contributed by atoms with E-state index in [0.29, 0.717) is 18.5 Å². The van der Waals surface area contributed by atoms with Gasteiger partial charge in [-0.15, -0.1) is 0 Å². The number of rotatable bonds is 5. The molecular formula is C12H18N2O3. The molecule has 0 bridgehead atoms. The second kappa shape index (κ2) is 5.75. The highest BCUT2D eigenvalue weighted by Gasteiger charge is 2.19. The first-order chi connectivity index (χ1) is 7.98. The summed E-state index contributed by atoms with van der Waals surface area (Å²) in [4.78, 5) is 20.5. The highest BCUT2D eigenvalue weighted by atomic mass is 16.7. The maximum Gasteiger partial charge on any atom is 0.238 e. The summed E-state index contributed by atoms with van der Waals surface area (Å²) < 4.78 is 0. The quantitative estimate of drug-likeness (QED) is 0.620. The maximum atomic E-state index is 11.1. The summed E-state index contributed by atoms with van der Waals surface area (Å²) in [5, 5.41) is 10.1. The van der Waals surface area contributed by atoms with Crippen molar-refractivity contribution in [2.24, 2.45) is 0 Å². The van der Waals surface area contributed by atoms with E-state index in [4.69, 9.17) is 9.94 Å². The second-order valence-electron chi connectivity index (χ2n) is 4.61. The van der Waals surface area contributed by atoms with Crippen LogP contribution in [0.3, 0.4) is 0 Å². The van der Waals surface area contributed by atoms with Crippen molar-refractivity contribution in [1.29, 1.82) is 0 Å². The van der Waals surface area contributed by atoms with E-state index in [9.17, 15) is 4.79 Å². The van der Waals surface area contributed by atoms with Crippen molar-refractivity contribution in [1.82, 2.24) is 4.98 Å². The number of hydrogen-bond donors (Lipinski definition) is 1. The summed E-state index contributed by atoms with van der Waals surface area (Å²) in [6.45, 7) is 5.57. The minimum absolute atomic E-state index is 0.000901. The van der Waals surface area contributed by atoms with Gasteiger partial charge in [0.25, 0.3) is 0 Å². The zero-order chi connectivity index (χ0) is 12.9. The van der Waals surface area contributed by atoms with Gasteiger partial charge in [-0.2, -0.15) is 5.06 Å². The van der Waals surface area contributed by atoms with E-state index in [2.05, 4.69) is 4.98 Å². The highest BCUT2D eigenvalue weighted by Crippen LogP contribution is 2.22. The third-order valence-electron chi connectivity index (χ3n) is 1.96. The number of anilines is 1. The van der Waals surface area contributed by atoms with Gasteiger partial charge in [0.1, 0.15) is 0 Å². The molecule has 1 rings (SSSR count). The van der Waals surface area contributed by atoms with Crippen molar-refractivity contribution in [3.63, 3.8) is 0 Å². The van der Waals surface area contributed by atoms with Crippen LogP contribution in [0.15, 0.2) is 18.5 Å². The van der Waals surface area contributed by atoms with Crippen LogP contribution >= 0.6 is 0 Å². The predicted octanol–water partition coefficient (Wildman–Crippen LogP) is 1.31. The van der Waals surface area contributed by atoms with Crippen LogP contribution in [0.5, 0.6) is 0 Å². The molecule has 1 aromatic rings. The number of amides is 1. The summed E-state index contributed by atoms with van der Waals surface area (Å²) in [6.07, 6.45) is 4.25. The number of nitrogens with zero attached hydrogens (tertiary/aromatic N) is 2. The van der Waals surface area contributed by atoms with Gasteiger partial charge in [-0.3, -0.25) is 14.6 Å². The monoisotopic (exact) mass is 238 g/mol. The van der Waals surface area contributed by atoms with Crippen molar-refractivity contribution in [3.05, 3.63) is 24.0 Å². The lowest BCUT2D eigenvalue weighted by Gasteiger charge is -2.27. The molecule has 0 radical (unpaired) electrons. The topological polar surface area (TPSA) is 62.7 Å². The Kier molecular flexibility index (Phi) is 4.60. The molecule has 0 aliphatic heterocycles. The lowest BCUT2D eigenvalue weighted by Crippen LogP contribution is -2.33. The fraction of sp³-hybridized carbons (Fsp3) is 0.500. The third kappa shape index (κ3) is 4.13. The SMILES string of the molecule is CC(C)(C)ON(C=O)c1ccncc1CCO. The van der Waals surface area contributed by atoms with Gasteiger partial charge in [0.05, 0.1) is 11.3 Å². The molecule has 5 nitrogen and oxygen atoms in total. The maximum absolute atomic E-state index is 11.1. The van der Waals surface area contributed by atoms with Crippen molar-refractivity contribution < 1.29 is 14.7 Å². The van der Waals surface area contributed by atoms with E-state index in [1.54, 1.807) is 18.5 Å². The molecular weight excluding hydrogens is 220 g/mol. The lowest BCUT2D eigenvalue weighted by molar-refractivity contribution is -0.120. The molecule has 1 amide bonds. The average Bonchev–Trinajstić information content (AvgIpc) is 2.26. The predicted molar refractivity (Wildman–Crippen MR) is 64.4 cm³/mol. The first-order valence-corrected chi connectivity index (χ1v) is 5.45. The number of aliphatic hydroxyl groups excluding tert-OH is 1. The van der Waals surface area contributed by atoms with Crippen LogP contribution in [-0.4, -0.2) is 28.7 Å². The van der Waals surface area contributed by atoms with Crippen LogP contribution in [0.2, 0.25) is 0 Å². The molecule has 0 unspecified atom stereocenters. The zero-order valence-corrected chi connectivity index (χ0v) is 10.4. The number of carbonyl (C=O) groups is 1. The van der Waals surface area contributed by atoms with Crippen molar-refractivity contribution >= 4 is 12.1 Å². The summed E-state index contributed by atoms with van der Waals surface area (Å²) in [5.74, 6) is 0. The Morgan fingerprint density at radius 1 is 1.53 bits per heavy atom. The van der Waals surface area contributed by atoms with Crippen LogP contribution in [0.25, 0.3) is 0 Å². The van der Waals surface area contributed by atoms with Gasteiger partial charge in [-0.1, -0.05) is 0 Å². The highest BCUT2D eigenvalue weighted by molar-refractivity contribution is 5.74. The molecule has 0 aliphatic rings. The number of hydrogen-bond acceptors (Lipinski definition) is 4. The Morgan fingerprint density at radius 3 is 2.76 bits per heavy atom.